The Morgan fingerprint density at radius 1 is 1.12 bits per heavy atom. The summed E-state index contributed by atoms with van der Waals surface area (Å²) in [5.74, 6) is 0.315. The highest BCUT2D eigenvalue weighted by Gasteiger charge is 2.44. The number of amides is 2. The summed E-state index contributed by atoms with van der Waals surface area (Å²) in [6.07, 6.45) is 8.51. The molecular weight excluding hydrogens is 309 g/mol. The average Bonchev–Trinajstić information content (AvgIpc) is 3.04. The van der Waals surface area contributed by atoms with Gasteiger partial charge in [0.2, 0.25) is 11.6 Å². The molecule has 3 aliphatic rings. The molecule has 0 aromatic carbocycles. The van der Waals surface area contributed by atoms with Gasteiger partial charge < -0.3 is 15.5 Å². The smallest absolute Gasteiger partial charge is 0.261 e. The number of hydrogen-bond donors (Lipinski definition) is 2. The molecule has 2 heterocycles. The lowest BCUT2D eigenvalue weighted by Crippen LogP contribution is -2.53. The van der Waals surface area contributed by atoms with E-state index < -0.39 is 5.67 Å². The van der Waals surface area contributed by atoms with Gasteiger partial charge in [-0.2, -0.15) is 0 Å². The third-order valence-electron chi connectivity index (χ3n) is 5.83. The summed E-state index contributed by atoms with van der Waals surface area (Å²) >= 11 is 0. The highest BCUT2D eigenvalue weighted by molar-refractivity contribution is 5.86. The fourth-order valence-corrected chi connectivity index (χ4v) is 4.29. The quantitative estimate of drug-likeness (QED) is 0.820. The van der Waals surface area contributed by atoms with Crippen molar-refractivity contribution in [3.8, 4) is 0 Å². The third kappa shape index (κ3) is 4.26. The zero-order valence-electron chi connectivity index (χ0n) is 14.5. The number of carbonyl (C=O) groups excluding carboxylic acids is 2. The minimum atomic E-state index is -1.73. The normalized spacial score (nSPS) is 29.6. The molecule has 136 valence electrons. The molecule has 0 aromatic rings. The van der Waals surface area contributed by atoms with Gasteiger partial charge in [0.25, 0.3) is 5.91 Å². The summed E-state index contributed by atoms with van der Waals surface area (Å²) in [6, 6.07) is 0.127. The van der Waals surface area contributed by atoms with Crippen LogP contribution in [0.15, 0.2) is 0 Å². The second-order valence-corrected chi connectivity index (χ2v) is 7.73. The number of halogens is 1. The lowest BCUT2D eigenvalue weighted by Gasteiger charge is -2.35. The van der Waals surface area contributed by atoms with Crippen molar-refractivity contribution in [2.24, 2.45) is 5.92 Å². The van der Waals surface area contributed by atoms with Gasteiger partial charge in [0, 0.05) is 38.5 Å². The summed E-state index contributed by atoms with van der Waals surface area (Å²) in [6.45, 7) is 1.78. The minimum absolute atomic E-state index is 0.127. The molecule has 6 heteroatoms. The Bertz CT molecular complexity index is 451. The molecular formula is C18H30FN3O2. The van der Waals surface area contributed by atoms with E-state index in [9.17, 15) is 14.0 Å². The van der Waals surface area contributed by atoms with E-state index in [4.69, 9.17) is 0 Å². The highest BCUT2D eigenvalue weighted by Crippen LogP contribution is 2.27. The Kier molecular flexibility index (Phi) is 5.74. The molecule has 1 atom stereocenters. The van der Waals surface area contributed by atoms with E-state index in [1.807, 2.05) is 0 Å². The molecule has 3 rings (SSSR count). The molecule has 0 unspecified atom stereocenters. The maximum atomic E-state index is 14.5. The van der Waals surface area contributed by atoms with Crippen molar-refractivity contribution in [1.29, 1.82) is 0 Å². The van der Waals surface area contributed by atoms with Gasteiger partial charge in [0.15, 0.2) is 0 Å². The lowest BCUT2D eigenvalue weighted by atomic mass is 9.86. The SMILES string of the molecule is O=C(CC1CCCCC1)NC1CCN(C(=O)[C@@]2(F)CCNC2)CC1. The van der Waals surface area contributed by atoms with Crippen molar-refractivity contribution in [3.63, 3.8) is 0 Å². The van der Waals surface area contributed by atoms with Crippen LogP contribution in [-0.2, 0) is 9.59 Å². The van der Waals surface area contributed by atoms with Crippen LogP contribution < -0.4 is 10.6 Å². The number of piperidine rings is 1. The van der Waals surface area contributed by atoms with Crippen LogP contribution in [0.25, 0.3) is 0 Å². The van der Waals surface area contributed by atoms with Crippen LogP contribution in [0.2, 0.25) is 0 Å². The molecule has 0 spiro atoms. The first-order chi connectivity index (χ1) is 11.6. The van der Waals surface area contributed by atoms with Crippen LogP contribution in [0.5, 0.6) is 0 Å². The van der Waals surface area contributed by atoms with Crippen molar-refractivity contribution in [2.45, 2.75) is 69.5 Å². The number of likely N-dealkylation sites (tertiary alicyclic amines) is 1. The molecule has 2 N–H and O–H groups in total. The Balaban J connectivity index is 1.40. The van der Waals surface area contributed by atoms with Crippen molar-refractivity contribution in [1.82, 2.24) is 15.5 Å². The zero-order chi connectivity index (χ0) is 17.0. The molecule has 5 nitrogen and oxygen atoms in total. The van der Waals surface area contributed by atoms with E-state index in [-0.39, 0.29) is 30.8 Å². The first-order valence-electron chi connectivity index (χ1n) is 9.55. The first-order valence-corrected chi connectivity index (χ1v) is 9.55. The van der Waals surface area contributed by atoms with Crippen molar-refractivity contribution < 1.29 is 14.0 Å². The molecule has 0 aromatic heterocycles. The summed E-state index contributed by atoms with van der Waals surface area (Å²) in [5.41, 5.74) is -1.73. The van der Waals surface area contributed by atoms with Gasteiger partial charge in [-0.15, -0.1) is 0 Å². The molecule has 1 saturated carbocycles. The fourth-order valence-electron chi connectivity index (χ4n) is 4.29. The van der Waals surface area contributed by atoms with Crippen molar-refractivity contribution in [3.05, 3.63) is 0 Å². The Morgan fingerprint density at radius 2 is 1.83 bits per heavy atom. The molecule has 1 aliphatic carbocycles. The number of hydrogen-bond acceptors (Lipinski definition) is 3. The largest absolute Gasteiger partial charge is 0.353 e. The fraction of sp³-hybridized carbons (Fsp3) is 0.889. The summed E-state index contributed by atoms with van der Waals surface area (Å²) in [5, 5.41) is 6.05. The van der Waals surface area contributed by atoms with Gasteiger partial charge in [0.05, 0.1) is 0 Å². The maximum absolute atomic E-state index is 14.5. The Hall–Kier alpha value is -1.17. The van der Waals surface area contributed by atoms with Crippen LogP contribution >= 0.6 is 0 Å². The van der Waals surface area contributed by atoms with Crippen LogP contribution in [0.1, 0.15) is 57.8 Å². The zero-order valence-corrected chi connectivity index (χ0v) is 14.5. The Labute approximate surface area is 143 Å². The van der Waals surface area contributed by atoms with Gasteiger partial charge in [-0.3, -0.25) is 9.59 Å². The molecule has 2 amide bonds. The lowest BCUT2D eigenvalue weighted by molar-refractivity contribution is -0.144. The number of nitrogens with one attached hydrogen (secondary N) is 2. The first kappa shape index (κ1) is 17.6. The van der Waals surface area contributed by atoms with E-state index in [0.717, 1.165) is 12.8 Å². The maximum Gasteiger partial charge on any atom is 0.261 e. The predicted octanol–water partition coefficient (Wildman–Crippen LogP) is 1.77. The average molecular weight is 339 g/mol. The second kappa shape index (κ2) is 7.81. The molecule has 0 bridgehead atoms. The minimum Gasteiger partial charge on any atom is -0.353 e. The molecule has 3 fully saturated rings. The number of alkyl halides is 1. The molecule has 24 heavy (non-hydrogen) atoms. The summed E-state index contributed by atoms with van der Waals surface area (Å²) < 4.78 is 14.5. The van der Waals surface area contributed by atoms with Crippen LogP contribution in [-0.4, -0.2) is 54.6 Å². The van der Waals surface area contributed by atoms with Gasteiger partial charge in [0.1, 0.15) is 0 Å². The van der Waals surface area contributed by atoms with Gasteiger partial charge in [-0.25, -0.2) is 4.39 Å². The second-order valence-electron chi connectivity index (χ2n) is 7.73. The Morgan fingerprint density at radius 3 is 2.46 bits per heavy atom. The van der Waals surface area contributed by atoms with Crippen LogP contribution in [0.4, 0.5) is 4.39 Å². The van der Waals surface area contributed by atoms with Crippen molar-refractivity contribution >= 4 is 11.8 Å². The summed E-state index contributed by atoms with van der Waals surface area (Å²) in [7, 11) is 0. The van der Waals surface area contributed by atoms with Crippen LogP contribution in [0, 0.1) is 5.92 Å². The highest BCUT2D eigenvalue weighted by atomic mass is 19.1. The number of rotatable bonds is 4. The molecule has 2 saturated heterocycles. The number of nitrogens with zero attached hydrogens (tertiary/aromatic N) is 1. The predicted molar refractivity (Wildman–Crippen MR) is 90.3 cm³/mol. The third-order valence-corrected chi connectivity index (χ3v) is 5.83. The standard InChI is InChI=1S/C18H30FN3O2/c19-18(8-9-20-13-18)17(24)22-10-6-15(7-11-22)21-16(23)12-14-4-2-1-3-5-14/h14-15,20H,1-13H2,(H,21,23)/t18-/m1/s1. The topological polar surface area (TPSA) is 61.4 Å². The van der Waals surface area contributed by atoms with Crippen molar-refractivity contribution in [2.75, 3.05) is 26.2 Å². The van der Waals surface area contributed by atoms with Gasteiger partial charge in [-0.1, -0.05) is 19.3 Å². The van der Waals surface area contributed by atoms with E-state index in [2.05, 4.69) is 10.6 Å². The molecule has 2 aliphatic heterocycles. The van der Waals surface area contributed by atoms with E-state index in [1.54, 1.807) is 4.90 Å². The van der Waals surface area contributed by atoms with Gasteiger partial charge in [-0.05, 0) is 38.1 Å². The monoisotopic (exact) mass is 339 g/mol. The van der Waals surface area contributed by atoms with E-state index in [0.29, 0.717) is 32.0 Å². The van der Waals surface area contributed by atoms with E-state index in [1.165, 1.54) is 32.1 Å². The molecule has 0 radical (unpaired) electrons. The van der Waals surface area contributed by atoms with Gasteiger partial charge >= 0.3 is 0 Å². The summed E-state index contributed by atoms with van der Waals surface area (Å²) in [4.78, 5) is 26.2. The van der Waals surface area contributed by atoms with Crippen LogP contribution in [0.3, 0.4) is 0 Å². The van der Waals surface area contributed by atoms with E-state index >= 15 is 0 Å². The number of carbonyl (C=O) groups is 2.